The maximum absolute atomic E-state index is 13.1. The molecule has 1 aromatic heterocycles. The van der Waals surface area contributed by atoms with E-state index < -0.39 is 5.97 Å². The minimum Gasteiger partial charge on any atom is -0.478 e. The van der Waals surface area contributed by atoms with E-state index in [1.807, 2.05) is 0 Å². The Hall–Kier alpha value is -1.88. The highest BCUT2D eigenvalue weighted by molar-refractivity contribution is 6.33. The first-order valence-electron chi connectivity index (χ1n) is 4.74. The van der Waals surface area contributed by atoms with Crippen LogP contribution in [0.1, 0.15) is 15.9 Å². The molecule has 0 radical (unpaired) electrons. The molecule has 0 aliphatic carbocycles. The van der Waals surface area contributed by atoms with Crippen LogP contribution in [0.2, 0.25) is 5.15 Å². The fourth-order valence-electron chi connectivity index (χ4n) is 1.52. The number of hydrogen-bond acceptors (Lipinski definition) is 2. The number of aromatic carboxylic acids is 1. The molecule has 0 bridgehead atoms. The number of aryl methyl sites for hydroxylation is 1. The van der Waals surface area contributed by atoms with Gasteiger partial charge in [-0.3, -0.25) is 5.10 Å². The normalized spacial score (nSPS) is 10.5. The van der Waals surface area contributed by atoms with E-state index in [1.54, 1.807) is 6.92 Å². The predicted octanol–water partition coefficient (Wildman–Crippen LogP) is 2.88. The summed E-state index contributed by atoms with van der Waals surface area (Å²) in [5.41, 5.74) is 1.01. The monoisotopic (exact) mass is 254 g/mol. The van der Waals surface area contributed by atoms with Crippen LogP contribution < -0.4 is 0 Å². The van der Waals surface area contributed by atoms with Gasteiger partial charge in [-0.05, 0) is 30.7 Å². The van der Waals surface area contributed by atoms with E-state index in [0.717, 1.165) is 0 Å². The summed E-state index contributed by atoms with van der Waals surface area (Å²) in [6.07, 6.45) is 0. The Balaban J connectivity index is 2.60. The van der Waals surface area contributed by atoms with Crippen molar-refractivity contribution in [3.63, 3.8) is 0 Å². The third-order valence-electron chi connectivity index (χ3n) is 2.37. The van der Waals surface area contributed by atoms with Crippen LogP contribution in [-0.2, 0) is 0 Å². The molecule has 2 rings (SSSR count). The lowest BCUT2D eigenvalue weighted by Gasteiger charge is -2.01. The average Bonchev–Trinajstić information content (AvgIpc) is 2.64. The zero-order valence-electron chi connectivity index (χ0n) is 8.79. The van der Waals surface area contributed by atoms with Gasteiger partial charge < -0.3 is 5.11 Å². The number of carbonyl (C=O) groups is 1. The zero-order chi connectivity index (χ0) is 12.6. The van der Waals surface area contributed by atoms with Crippen LogP contribution in [0.3, 0.4) is 0 Å². The average molecular weight is 255 g/mol. The van der Waals surface area contributed by atoms with Crippen LogP contribution in [0.15, 0.2) is 18.2 Å². The summed E-state index contributed by atoms with van der Waals surface area (Å²) in [4.78, 5) is 11.0. The van der Waals surface area contributed by atoms with Crippen molar-refractivity contribution < 1.29 is 14.3 Å². The number of carboxylic acids is 1. The first-order chi connectivity index (χ1) is 8.00. The van der Waals surface area contributed by atoms with Gasteiger partial charge in [-0.1, -0.05) is 11.6 Å². The number of aromatic nitrogens is 2. The Bertz CT molecular complexity index is 595. The lowest BCUT2D eigenvalue weighted by Crippen LogP contribution is -1.98. The topological polar surface area (TPSA) is 66.0 Å². The molecule has 0 fully saturated rings. The van der Waals surface area contributed by atoms with Gasteiger partial charge in [-0.15, -0.1) is 0 Å². The van der Waals surface area contributed by atoms with E-state index in [4.69, 9.17) is 16.7 Å². The van der Waals surface area contributed by atoms with E-state index in [9.17, 15) is 9.18 Å². The minimum atomic E-state index is -1.18. The van der Waals surface area contributed by atoms with Crippen LogP contribution in [-0.4, -0.2) is 21.3 Å². The molecule has 0 spiro atoms. The van der Waals surface area contributed by atoms with Crippen LogP contribution in [0.5, 0.6) is 0 Å². The summed E-state index contributed by atoms with van der Waals surface area (Å²) in [5, 5.41) is 15.2. The van der Waals surface area contributed by atoms with Crippen molar-refractivity contribution in [1.82, 2.24) is 10.2 Å². The molecule has 2 N–H and O–H groups in total. The number of aromatic amines is 1. The lowest BCUT2D eigenvalue weighted by molar-refractivity contribution is 0.0698. The standard InChI is InChI=1S/C11H8ClFN2O2/c1-5-4-6(2-3-7(5)13)9-8(11(16)17)10(12)15-14-9/h2-4H,1H3,(H,14,15)(H,16,17). The Labute approximate surface area is 101 Å². The van der Waals surface area contributed by atoms with Crippen molar-refractivity contribution >= 4 is 17.6 Å². The van der Waals surface area contributed by atoms with Crippen molar-refractivity contribution in [1.29, 1.82) is 0 Å². The quantitative estimate of drug-likeness (QED) is 0.866. The Morgan fingerprint density at radius 1 is 1.53 bits per heavy atom. The predicted molar refractivity (Wildman–Crippen MR) is 60.7 cm³/mol. The third-order valence-corrected chi connectivity index (χ3v) is 2.64. The maximum atomic E-state index is 13.1. The molecule has 0 saturated carbocycles. The summed E-state index contributed by atoms with van der Waals surface area (Å²) >= 11 is 5.69. The van der Waals surface area contributed by atoms with Gasteiger partial charge in [0.15, 0.2) is 0 Å². The number of hydrogen-bond donors (Lipinski definition) is 2. The molecule has 0 atom stereocenters. The largest absolute Gasteiger partial charge is 0.478 e. The van der Waals surface area contributed by atoms with Gasteiger partial charge in [0.25, 0.3) is 0 Å². The molecule has 88 valence electrons. The molecule has 1 heterocycles. The van der Waals surface area contributed by atoms with E-state index in [2.05, 4.69) is 10.2 Å². The summed E-state index contributed by atoms with van der Waals surface area (Å²) in [6.45, 7) is 1.59. The van der Waals surface area contributed by atoms with Crippen LogP contribution >= 0.6 is 11.6 Å². The number of benzene rings is 1. The Morgan fingerprint density at radius 3 is 2.82 bits per heavy atom. The van der Waals surface area contributed by atoms with Gasteiger partial charge in [0.2, 0.25) is 0 Å². The van der Waals surface area contributed by atoms with Crippen molar-refractivity contribution in [2.24, 2.45) is 0 Å². The van der Waals surface area contributed by atoms with Crippen molar-refractivity contribution in [3.05, 3.63) is 40.3 Å². The molecule has 0 aliphatic heterocycles. The number of nitrogens with one attached hydrogen (secondary N) is 1. The highest BCUT2D eigenvalue weighted by atomic mass is 35.5. The minimum absolute atomic E-state index is 0.0468. The molecule has 17 heavy (non-hydrogen) atoms. The van der Waals surface area contributed by atoms with E-state index in [-0.39, 0.29) is 22.2 Å². The first kappa shape index (κ1) is 11.6. The molecular formula is C11H8ClFN2O2. The highest BCUT2D eigenvalue weighted by Gasteiger charge is 2.20. The van der Waals surface area contributed by atoms with E-state index >= 15 is 0 Å². The molecule has 2 aromatic rings. The van der Waals surface area contributed by atoms with Gasteiger partial charge in [-0.25, -0.2) is 9.18 Å². The highest BCUT2D eigenvalue weighted by Crippen LogP contribution is 2.27. The Kier molecular flexibility index (Phi) is 2.85. The number of nitrogens with zero attached hydrogens (tertiary/aromatic N) is 1. The fourth-order valence-corrected chi connectivity index (χ4v) is 1.73. The number of H-pyrrole nitrogens is 1. The molecule has 1 aromatic carbocycles. The molecular weight excluding hydrogens is 247 g/mol. The van der Waals surface area contributed by atoms with Gasteiger partial charge in [0.1, 0.15) is 22.2 Å². The smallest absolute Gasteiger partial charge is 0.341 e. The fraction of sp³-hybridized carbons (Fsp3) is 0.0909. The van der Waals surface area contributed by atoms with Gasteiger partial charge in [0.05, 0.1) is 0 Å². The summed E-state index contributed by atoms with van der Waals surface area (Å²) in [5.74, 6) is -1.53. The lowest BCUT2D eigenvalue weighted by atomic mass is 10.1. The molecule has 6 heteroatoms. The van der Waals surface area contributed by atoms with E-state index in [1.165, 1.54) is 18.2 Å². The van der Waals surface area contributed by atoms with Gasteiger partial charge in [-0.2, -0.15) is 5.10 Å². The van der Waals surface area contributed by atoms with E-state index in [0.29, 0.717) is 11.1 Å². The second-order valence-electron chi connectivity index (χ2n) is 3.53. The molecule has 0 unspecified atom stereocenters. The summed E-state index contributed by atoms with van der Waals surface area (Å²) in [7, 11) is 0. The van der Waals surface area contributed by atoms with Crippen LogP contribution in [0.4, 0.5) is 4.39 Å². The first-order valence-corrected chi connectivity index (χ1v) is 5.12. The second-order valence-corrected chi connectivity index (χ2v) is 3.91. The SMILES string of the molecule is Cc1cc(-c2n[nH]c(Cl)c2C(=O)O)ccc1F. The zero-order valence-corrected chi connectivity index (χ0v) is 9.55. The van der Waals surface area contributed by atoms with Crippen molar-refractivity contribution in [3.8, 4) is 11.3 Å². The van der Waals surface area contributed by atoms with Gasteiger partial charge >= 0.3 is 5.97 Å². The molecule has 0 amide bonds. The molecule has 0 saturated heterocycles. The third kappa shape index (κ3) is 2.01. The van der Waals surface area contributed by atoms with Gasteiger partial charge in [0, 0.05) is 5.56 Å². The number of rotatable bonds is 2. The number of halogens is 2. The van der Waals surface area contributed by atoms with Crippen molar-refractivity contribution in [2.75, 3.05) is 0 Å². The second kappa shape index (κ2) is 4.18. The van der Waals surface area contributed by atoms with Crippen LogP contribution in [0, 0.1) is 12.7 Å². The summed E-state index contributed by atoms with van der Waals surface area (Å²) < 4.78 is 13.1. The molecule has 0 aliphatic rings. The Morgan fingerprint density at radius 2 is 2.24 bits per heavy atom. The maximum Gasteiger partial charge on any atom is 0.341 e. The summed E-state index contributed by atoms with van der Waals surface area (Å²) in [6, 6.07) is 4.24. The van der Waals surface area contributed by atoms with Crippen LogP contribution in [0.25, 0.3) is 11.3 Å². The number of carboxylic acid groups (broad SMARTS) is 1. The van der Waals surface area contributed by atoms with Crippen molar-refractivity contribution in [2.45, 2.75) is 6.92 Å². The molecule has 4 nitrogen and oxygen atoms in total.